The number of hydrogen-bond donors (Lipinski definition) is 0. The smallest absolute Gasteiger partial charge is 0.214 e. The first kappa shape index (κ1) is 18.1. The molecule has 0 amide bonds. The summed E-state index contributed by atoms with van der Waals surface area (Å²) in [5, 5.41) is 7.10. The quantitative estimate of drug-likeness (QED) is 0.621. The van der Waals surface area contributed by atoms with E-state index in [9.17, 15) is 0 Å². The molecule has 0 unspecified atom stereocenters. The average Bonchev–Trinajstić information content (AvgIpc) is 3.29. The lowest BCUT2D eigenvalue weighted by atomic mass is 9.95. The minimum absolute atomic E-state index is 0.101. The first-order valence-corrected chi connectivity index (χ1v) is 10.5. The van der Waals surface area contributed by atoms with Crippen molar-refractivity contribution in [3.8, 4) is 23.0 Å². The van der Waals surface area contributed by atoms with Crippen LogP contribution in [0.4, 0.5) is 0 Å². The van der Waals surface area contributed by atoms with Crippen LogP contribution in [0, 0.1) is 0 Å². The van der Waals surface area contributed by atoms with Crippen molar-refractivity contribution < 1.29 is 18.9 Å². The molecule has 3 aromatic rings. The van der Waals surface area contributed by atoms with Crippen LogP contribution in [0.15, 0.2) is 71.8 Å². The molecule has 156 valence electrons. The SMILES string of the molecule is COc1cccc([C@H]2Oc3ccccc3[C@H]3CC(c4ccc5c(c4)OCCO5)=NN32)c1. The van der Waals surface area contributed by atoms with Crippen molar-refractivity contribution >= 4 is 5.71 Å². The van der Waals surface area contributed by atoms with Crippen molar-refractivity contribution in [3.05, 3.63) is 83.4 Å². The lowest BCUT2D eigenvalue weighted by Gasteiger charge is -2.38. The summed E-state index contributed by atoms with van der Waals surface area (Å²) < 4.78 is 23.3. The lowest BCUT2D eigenvalue weighted by molar-refractivity contribution is -0.0191. The van der Waals surface area contributed by atoms with Gasteiger partial charge in [-0.15, -0.1) is 0 Å². The molecule has 6 nitrogen and oxygen atoms in total. The number of para-hydroxylation sites is 1. The van der Waals surface area contributed by atoms with Crippen LogP contribution in [-0.2, 0) is 0 Å². The van der Waals surface area contributed by atoms with Gasteiger partial charge in [-0.1, -0.05) is 30.3 Å². The van der Waals surface area contributed by atoms with E-state index in [-0.39, 0.29) is 12.3 Å². The van der Waals surface area contributed by atoms with E-state index in [1.807, 2.05) is 48.5 Å². The zero-order valence-corrected chi connectivity index (χ0v) is 17.2. The van der Waals surface area contributed by atoms with Crippen LogP contribution in [0.1, 0.15) is 35.4 Å². The molecule has 0 bridgehead atoms. The Labute approximate surface area is 180 Å². The van der Waals surface area contributed by atoms with E-state index in [1.54, 1.807) is 7.11 Å². The van der Waals surface area contributed by atoms with Crippen molar-refractivity contribution in [1.29, 1.82) is 0 Å². The highest BCUT2D eigenvalue weighted by molar-refractivity contribution is 6.02. The first-order chi connectivity index (χ1) is 15.3. The predicted octanol–water partition coefficient (Wildman–Crippen LogP) is 4.71. The van der Waals surface area contributed by atoms with Crippen LogP contribution in [0.2, 0.25) is 0 Å². The summed E-state index contributed by atoms with van der Waals surface area (Å²) in [5.41, 5.74) is 4.21. The minimum atomic E-state index is -0.329. The molecule has 0 spiro atoms. The number of fused-ring (bicyclic) bond motifs is 4. The van der Waals surface area contributed by atoms with Gasteiger partial charge in [-0.25, -0.2) is 5.01 Å². The normalized spacial score (nSPS) is 20.9. The maximum absolute atomic E-state index is 6.42. The van der Waals surface area contributed by atoms with Crippen molar-refractivity contribution in [1.82, 2.24) is 5.01 Å². The van der Waals surface area contributed by atoms with Crippen molar-refractivity contribution in [2.24, 2.45) is 5.10 Å². The molecule has 0 saturated heterocycles. The maximum Gasteiger partial charge on any atom is 0.214 e. The van der Waals surface area contributed by atoms with Crippen LogP contribution >= 0.6 is 0 Å². The molecule has 2 atom stereocenters. The lowest BCUT2D eigenvalue weighted by Crippen LogP contribution is -2.33. The summed E-state index contributed by atoms with van der Waals surface area (Å²) in [7, 11) is 1.67. The summed E-state index contributed by atoms with van der Waals surface area (Å²) in [4.78, 5) is 0. The molecule has 0 aliphatic carbocycles. The number of methoxy groups -OCH3 is 1. The number of hydrazone groups is 1. The van der Waals surface area contributed by atoms with Gasteiger partial charge in [0, 0.05) is 23.1 Å². The summed E-state index contributed by atoms with van der Waals surface area (Å²) in [5.74, 6) is 3.26. The molecule has 31 heavy (non-hydrogen) atoms. The van der Waals surface area contributed by atoms with Gasteiger partial charge in [0.25, 0.3) is 0 Å². The van der Waals surface area contributed by atoms with Gasteiger partial charge >= 0.3 is 0 Å². The van der Waals surface area contributed by atoms with Gasteiger partial charge in [0.05, 0.1) is 18.9 Å². The van der Waals surface area contributed by atoms with Gasteiger partial charge in [0.1, 0.15) is 24.7 Å². The Morgan fingerprint density at radius 1 is 0.903 bits per heavy atom. The van der Waals surface area contributed by atoms with Gasteiger partial charge < -0.3 is 18.9 Å². The van der Waals surface area contributed by atoms with E-state index in [0.717, 1.165) is 51.8 Å². The molecule has 0 radical (unpaired) electrons. The maximum atomic E-state index is 6.42. The monoisotopic (exact) mass is 414 g/mol. The zero-order valence-electron chi connectivity index (χ0n) is 17.2. The summed E-state index contributed by atoms with van der Waals surface area (Å²) in [6, 6.07) is 22.3. The van der Waals surface area contributed by atoms with Crippen LogP contribution in [0.25, 0.3) is 0 Å². The second kappa shape index (κ2) is 7.23. The van der Waals surface area contributed by atoms with Gasteiger partial charge in [0.2, 0.25) is 6.23 Å². The minimum Gasteiger partial charge on any atom is -0.497 e. The Kier molecular flexibility index (Phi) is 4.23. The van der Waals surface area contributed by atoms with E-state index in [0.29, 0.717) is 13.2 Å². The van der Waals surface area contributed by atoms with E-state index >= 15 is 0 Å². The number of rotatable bonds is 3. The van der Waals surface area contributed by atoms with E-state index in [4.69, 9.17) is 24.0 Å². The van der Waals surface area contributed by atoms with Crippen molar-refractivity contribution in [3.63, 3.8) is 0 Å². The molecule has 3 aliphatic heterocycles. The fourth-order valence-corrected chi connectivity index (χ4v) is 4.45. The molecule has 0 N–H and O–H groups in total. The van der Waals surface area contributed by atoms with Crippen LogP contribution in [0.5, 0.6) is 23.0 Å². The third-order valence-corrected chi connectivity index (χ3v) is 5.95. The molecule has 0 fully saturated rings. The largest absolute Gasteiger partial charge is 0.497 e. The van der Waals surface area contributed by atoms with Crippen molar-refractivity contribution in [2.45, 2.75) is 18.7 Å². The Morgan fingerprint density at radius 3 is 2.68 bits per heavy atom. The molecule has 6 rings (SSSR count). The average molecular weight is 414 g/mol. The predicted molar refractivity (Wildman–Crippen MR) is 116 cm³/mol. The number of hydrogen-bond acceptors (Lipinski definition) is 6. The fraction of sp³-hybridized carbons (Fsp3) is 0.240. The zero-order chi connectivity index (χ0) is 20.8. The van der Waals surface area contributed by atoms with Gasteiger partial charge in [-0.2, -0.15) is 5.10 Å². The van der Waals surface area contributed by atoms with E-state index in [1.165, 1.54) is 0 Å². The van der Waals surface area contributed by atoms with Gasteiger partial charge in [-0.05, 0) is 36.4 Å². The Hall–Kier alpha value is -3.67. The molecular formula is C25H22N2O4. The standard InChI is InChI=1S/C25H22N2O4/c1-28-18-6-4-5-17(13-18)25-27-21(19-7-2-3-8-22(19)31-25)15-20(26-27)16-9-10-23-24(14-16)30-12-11-29-23/h2-10,13-14,21,25H,11-12,15H2,1H3/t21-,25-/m1/s1. The summed E-state index contributed by atoms with van der Waals surface area (Å²) in [6.07, 6.45) is 0.463. The van der Waals surface area contributed by atoms with Gasteiger partial charge in [0.15, 0.2) is 11.5 Å². The molecular weight excluding hydrogens is 392 g/mol. The number of benzene rings is 3. The second-order valence-corrected chi connectivity index (χ2v) is 7.79. The summed E-state index contributed by atoms with van der Waals surface area (Å²) in [6.45, 7) is 1.15. The van der Waals surface area contributed by atoms with Crippen LogP contribution < -0.4 is 18.9 Å². The van der Waals surface area contributed by atoms with E-state index in [2.05, 4.69) is 23.2 Å². The van der Waals surface area contributed by atoms with Gasteiger partial charge in [-0.3, -0.25) is 0 Å². The van der Waals surface area contributed by atoms with Crippen molar-refractivity contribution in [2.75, 3.05) is 20.3 Å². The van der Waals surface area contributed by atoms with E-state index < -0.39 is 0 Å². The molecule has 3 aromatic carbocycles. The Balaban J connectivity index is 1.41. The Morgan fingerprint density at radius 2 is 1.77 bits per heavy atom. The molecule has 0 aromatic heterocycles. The Bertz CT molecular complexity index is 1180. The first-order valence-electron chi connectivity index (χ1n) is 10.5. The van der Waals surface area contributed by atoms with Crippen LogP contribution in [0.3, 0.4) is 0 Å². The third kappa shape index (κ3) is 3.06. The highest BCUT2D eigenvalue weighted by Crippen LogP contribution is 2.48. The third-order valence-electron chi connectivity index (χ3n) is 5.95. The molecule has 0 saturated carbocycles. The number of ether oxygens (including phenoxy) is 4. The van der Waals surface area contributed by atoms with Crippen LogP contribution in [-0.4, -0.2) is 31.0 Å². The number of nitrogens with zero attached hydrogens (tertiary/aromatic N) is 2. The molecule has 3 aliphatic rings. The fourth-order valence-electron chi connectivity index (χ4n) is 4.45. The summed E-state index contributed by atoms with van der Waals surface area (Å²) >= 11 is 0. The molecule has 3 heterocycles. The highest BCUT2D eigenvalue weighted by atomic mass is 16.6. The highest BCUT2D eigenvalue weighted by Gasteiger charge is 2.41. The topological polar surface area (TPSA) is 52.5 Å². The second-order valence-electron chi connectivity index (χ2n) is 7.79. The molecule has 6 heteroatoms.